The van der Waals surface area contributed by atoms with E-state index in [-0.39, 0.29) is 11.8 Å². The summed E-state index contributed by atoms with van der Waals surface area (Å²) in [4.78, 5) is 11.4. The zero-order valence-corrected chi connectivity index (χ0v) is 40.9. The van der Waals surface area contributed by atoms with E-state index in [0.29, 0.717) is 0 Å². The first-order chi connectivity index (χ1) is 31.8. The van der Waals surface area contributed by atoms with Gasteiger partial charge in [0.1, 0.15) is 0 Å². The maximum absolute atomic E-state index is 5.69. The van der Waals surface area contributed by atoms with Crippen LogP contribution in [0.25, 0.3) is 21.9 Å². The Morgan fingerprint density at radius 1 is 0.354 bits per heavy atom. The summed E-state index contributed by atoms with van der Waals surface area (Å²) in [6.45, 7) is 8.83. The number of hydrogen-bond donors (Lipinski definition) is 0. The van der Waals surface area contributed by atoms with Crippen molar-refractivity contribution in [3.63, 3.8) is 0 Å². The first kappa shape index (κ1) is 44.2. The van der Waals surface area contributed by atoms with Crippen LogP contribution in [-0.2, 0) is 10.9 Å². The molecule has 0 aliphatic heterocycles. The normalized spacial score (nSPS) is 13.2. The van der Waals surface area contributed by atoms with E-state index in [9.17, 15) is 0 Å². The van der Waals surface area contributed by atoms with E-state index in [1.54, 1.807) is 0 Å². The van der Waals surface area contributed by atoms with E-state index in [2.05, 4.69) is 262 Å². The van der Waals surface area contributed by atoms with Crippen molar-refractivity contribution in [2.75, 3.05) is 0 Å². The summed E-state index contributed by atoms with van der Waals surface area (Å²) < 4.78 is 0. The molecular weight excluding hydrogens is 967 g/mol. The fourth-order valence-corrected chi connectivity index (χ4v) is 9.78. The second kappa shape index (κ2) is 20.0. The monoisotopic (exact) mass is 1010 g/mol. The van der Waals surface area contributed by atoms with Gasteiger partial charge in [-0.2, -0.15) is 0 Å². The predicted molar refractivity (Wildman–Crippen MR) is 279 cm³/mol. The molecule has 0 aromatic heterocycles. The molecular formula is C60H48Br2N2Ni. The van der Waals surface area contributed by atoms with Gasteiger partial charge >= 0.3 is 39.3 Å². The zero-order chi connectivity index (χ0) is 44.9. The second-order valence-corrected chi connectivity index (χ2v) is 21.7. The Bertz CT molecular complexity index is 2880. The van der Waals surface area contributed by atoms with Crippen molar-refractivity contribution in [2.24, 2.45) is 9.98 Å². The average molecular weight is 1020 g/mol. The minimum absolute atomic E-state index is 0.104. The Morgan fingerprint density at radius 2 is 0.677 bits per heavy atom. The molecule has 2 nitrogen and oxygen atoms in total. The van der Waals surface area contributed by atoms with Gasteiger partial charge in [-0.05, 0) is 99.8 Å². The third kappa shape index (κ3) is 9.16. The van der Waals surface area contributed by atoms with E-state index in [0.717, 1.165) is 56.2 Å². The molecule has 0 heterocycles. The Labute approximate surface area is 403 Å². The van der Waals surface area contributed by atoms with Gasteiger partial charge in [0.2, 0.25) is 0 Å². The van der Waals surface area contributed by atoms with Crippen molar-refractivity contribution in [3.8, 4) is 11.1 Å². The Morgan fingerprint density at radius 3 is 1.05 bits per heavy atom. The van der Waals surface area contributed by atoms with Crippen LogP contribution in [0.1, 0.15) is 78.6 Å². The maximum atomic E-state index is 5.69. The number of halogens is 2. The number of aryl methyl sites for hydroxylation is 4. The van der Waals surface area contributed by atoms with Crippen LogP contribution in [0, 0.1) is 27.7 Å². The van der Waals surface area contributed by atoms with Gasteiger partial charge in [-0.25, -0.2) is 9.98 Å². The van der Waals surface area contributed by atoms with Crippen molar-refractivity contribution >= 4 is 62.0 Å². The summed E-state index contributed by atoms with van der Waals surface area (Å²) in [5.74, 6) is 0.207. The van der Waals surface area contributed by atoms with Gasteiger partial charge in [-0.3, -0.25) is 0 Å². The molecule has 9 aromatic carbocycles. The van der Waals surface area contributed by atoms with E-state index < -0.39 is 0 Å². The number of benzene rings is 9. The Balaban J connectivity index is 0.00000173. The van der Waals surface area contributed by atoms with Crippen LogP contribution in [-0.4, -0.2) is 11.4 Å². The summed E-state index contributed by atoms with van der Waals surface area (Å²) >= 11 is 6.00. The molecule has 0 spiro atoms. The summed E-state index contributed by atoms with van der Waals surface area (Å²) in [5.41, 5.74) is 20.6. The summed E-state index contributed by atoms with van der Waals surface area (Å²) in [6.07, 6.45) is 0. The molecule has 0 radical (unpaired) electrons. The van der Waals surface area contributed by atoms with Gasteiger partial charge in [0, 0.05) is 28.3 Å². The van der Waals surface area contributed by atoms with Gasteiger partial charge < -0.3 is 0 Å². The van der Waals surface area contributed by atoms with Crippen LogP contribution in [0.5, 0.6) is 0 Å². The first-order valence-corrected chi connectivity index (χ1v) is 26.8. The molecule has 0 bridgehead atoms. The first-order valence-electron chi connectivity index (χ1n) is 21.9. The van der Waals surface area contributed by atoms with Crippen molar-refractivity contribution in [2.45, 2.75) is 39.5 Å². The van der Waals surface area contributed by atoms with Crippen molar-refractivity contribution in [1.29, 1.82) is 0 Å². The van der Waals surface area contributed by atoms with Crippen LogP contribution >= 0.6 is 28.5 Å². The van der Waals surface area contributed by atoms with Crippen molar-refractivity contribution < 1.29 is 10.9 Å². The molecule has 0 unspecified atom stereocenters. The Kier molecular flexibility index (Phi) is 13.6. The fourth-order valence-electron chi connectivity index (χ4n) is 9.78. The third-order valence-electron chi connectivity index (χ3n) is 12.5. The van der Waals surface area contributed by atoms with Crippen LogP contribution < -0.4 is 0 Å². The number of hydrogen-bond acceptors (Lipinski definition) is 2. The third-order valence-corrected chi connectivity index (χ3v) is 12.5. The van der Waals surface area contributed by atoms with E-state index in [1.165, 1.54) is 66.2 Å². The van der Waals surface area contributed by atoms with Gasteiger partial charge in [0.25, 0.3) is 0 Å². The Hall–Kier alpha value is -5.97. The van der Waals surface area contributed by atoms with Crippen LogP contribution in [0.3, 0.4) is 0 Å². The molecule has 1 aliphatic rings. The molecule has 10 rings (SSSR count). The zero-order valence-electron chi connectivity index (χ0n) is 36.8. The van der Waals surface area contributed by atoms with Gasteiger partial charge in [-0.1, -0.05) is 206 Å². The van der Waals surface area contributed by atoms with E-state index >= 15 is 0 Å². The molecule has 5 heteroatoms. The van der Waals surface area contributed by atoms with Gasteiger partial charge in [0.05, 0.1) is 22.8 Å². The number of rotatable bonds is 9. The van der Waals surface area contributed by atoms with E-state index in [1.807, 2.05) is 0 Å². The summed E-state index contributed by atoms with van der Waals surface area (Å²) in [6, 6.07) is 74.6. The van der Waals surface area contributed by atoms with Crippen LogP contribution in [0.2, 0.25) is 0 Å². The minimum atomic E-state index is 0.104. The average Bonchev–Trinajstić information content (AvgIpc) is 3.63. The summed E-state index contributed by atoms with van der Waals surface area (Å²) in [7, 11) is 1.25. The SMILES string of the molecule is Cc1cc(C(c2ccccc2)c2ccccc2)cc(C)c1N=C1C(=Nc2c(C)cc(C(c3ccccc3)c3ccccc3)cc2C)c2ccc(-c3ccccc3)c3cccc1c23.[Br][Ni][Br]. The molecule has 1 aliphatic carbocycles. The van der Waals surface area contributed by atoms with Crippen LogP contribution in [0.15, 0.2) is 216 Å². The van der Waals surface area contributed by atoms with Crippen molar-refractivity contribution in [3.05, 3.63) is 273 Å². The number of aliphatic imine (C=N–C) groups is 2. The van der Waals surface area contributed by atoms with Crippen LogP contribution in [0.4, 0.5) is 11.4 Å². The summed E-state index contributed by atoms with van der Waals surface area (Å²) in [5, 5.41) is 2.41. The fraction of sp³-hybridized carbons (Fsp3) is 0.100. The number of nitrogens with zero attached hydrogens (tertiary/aromatic N) is 2. The molecule has 0 N–H and O–H groups in total. The molecule has 0 amide bonds. The quantitative estimate of drug-likeness (QED) is 0.102. The predicted octanol–water partition coefficient (Wildman–Crippen LogP) is 17.0. The van der Waals surface area contributed by atoms with Gasteiger partial charge in [-0.15, -0.1) is 0 Å². The topological polar surface area (TPSA) is 24.7 Å². The molecule has 65 heavy (non-hydrogen) atoms. The molecule has 0 saturated carbocycles. The molecule has 322 valence electrons. The van der Waals surface area contributed by atoms with E-state index in [4.69, 9.17) is 9.98 Å². The standard InChI is InChI=1S/C60H48N2.2BrH.Ni/c1-39-35-48(54(44-23-12-6-13-24-44)45-25-14-7-15-26-45)36-40(2)57(39)61-59-52-32-20-31-51-50(43-21-10-5-11-22-43)33-34-53(56(51)52)60(59)62-58-41(3)37-49(38-42(58)4)55(46-27-16-8-17-28-46)47-29-18-9-19-30-47;;;/h5-38,54-55H,1-4H3;2*1H;/q;;;+2/p-2. The second-order valence-electron chi connectivity index (χ2n) is 16.7. The molecule has 0 saturated heterocycles. The molecule has 0 fully saturated rings. The molecule has 0 atom stereocenters. The van der Waals surface area contributed by atoms with Gasteiger partial charge in [0.15, 0.2) is 0 Å². The molecule has 9 aromatic rings. The van der Waals surface area contributed by atoms with Crippen molar-refractivity contribution in [1.82, 2.24) is 0 Å².